The van der Waals surface area contributed by atoms with Crippen LogP contribution in [0.4, 0.5) is 0 Å². The summed E-state index contributed by atoms with van der Waals surface area (Å²) in [6, 6.07) is 3.74. The van der Waals surface area contributed by atoms with Gasteiger partial charge in [-0.15, -0.1) is 0 Å². The van der Waals surface area contributed by atoms with Gasteiger partial charge in [-0.3, -0.25) is 14.2 Å². The minimum absolute atomic E-state index is 0.172. The summed E-state index contributed by atoms with van der Waals surface area (Å²) >= 11 is 0. The Bertz CT molecular complexity index is 1310. The molecule has 0 radical (unpaired) electrons. The minimum atomic E-state index is -0.367. The van der Waals surface area contributed by atoms with Crippen molar-refractivity contribution in [1.82, 2.24) is 29.5 Å². The quantitative estimate of drug-likeness (QED) is 0.523. The average Bonchev–Trinajstić information content (AvgIpc) is 3.24. The van der Waals surface area contributed by atoms with Crippen LogP contribution in [0.1, 0.15) is 11.1 Å². The van der Waals surface area contributed by atoms with Crippen molar-refractivity contribution in [3.8, 4) is 0 Å². The van der Waals surface area contributed by atoms with Crippen LogP contribution < -0.4 is 11.1 Å². The molecule has 1 N–H and O–H groups in total. The van der Waals surface area contributed by atoms with Gasteiger partial charge in [0, 0.05) is 12.4 Å². The number of hydrogen-bond acceptors (Lipinski definition) is 8. The van der Waals surface area contributed by atoms with Crippen LogP contribution in [0.5, 0.6) is 0 Å². The molecule has 1 fully saturated rings. The number of H-pyrrole nitrogens is 1. The molecule has 10 heteroatoms. The normalized spacial score (nSPS) is 14.1. The van der Waals surface area contributed by atoms with Gasteiger partial charge in [-0.25, -0.2) is 19.9 Å². The average molecular weight is 408 g/mol. The zero-order chi connectivity index (χ0) is 21.1. The van der Waals surface area contributed by atoms with Gasteiger partial charge in [-0.05, 0) is 37.1 Å². The largest absolute Gasteiger partial charge is 0.348 e. The molecule has 4 aromatic heterocycles. The highest BCUT2D eigenvalue weighted by atomic mass is 16.7. The summed E-state index contributed by atoms with van der Waals surface area (Å²) in [6.45, 7) is 5.34. The maximum atomic E-state index is 11.9. The van der Waals surface area contributed by atoms with E-state index >= 15 is 0 Å². The first-order valence-electron chi connectivity index (χ1n) is 9.37. The molecule has 0 aromatic carbocycles. The molecule has 0 aliphatic carbocycles. The van der Waals surface area contributed by atoms with E-state index in [1.165, 1.54) is 12.4 Å². The number of fused-ring (bicyclic) bond motifs is 2. The molecule has 154 valence electrons. The molecule has 30 heavy (non-hydrogen) atoms. The molecule has 0 atom stereocenters. The lowest BCUT2D eigenvalue weighted by Gasteiger charge is -2.13. The Hall–Kier alpha value is -3.50. The van der Waals surface area contributed by atoms with Crippen LogP contribution in [0.15, 0.2) is 46.5 Å². The predicted molar refractivity (Wildman–Crippen MR) is 109 cm³/mol. The number of ether oxygens (including phenoxy) is 2. The first-order chi connectivity index (χ1) is 14.5. The summed E-state index contributed by atoms with van der Waals surface area (Å²) < 4.78 is 12.3. The van der Waals surface area contributed by atoms with Crippen molar-refractivity contribution in [3.63, 3.8) is 0 Å². The van der Waals surface area contributed by atoms with Crippen LogP contribution in [-0.2, 0) is 16.0 Å². The van der Waals surface area contributed by atoms with Crippen molar-refractivity contribution >= 4 is 22.3 Å². The zero-order valence-electron chi connectivity index (χ0n) is 16.5. The second-order valence-corrected chi connectivity index (χ2v) is 6.86. The lowest BCUT2D eigenvalue weighted by atomic mass is 10.3. The summed E-state index contributed by atoms with van der Waals surface area (Å²) in [5, 5.41) is 0. The van der Waals surface area contributed by atoms with E-state index in [1.54, 1.807) is 17.0 Å². The molecule has 5 heterocycles. The first-order valence-corrected chi connectivity index (χ1v) is 9.37. The highest BCUT2D eigenvalue weighted by Crippen LogP contribution is 2.12. The number of nitrogens with zero attached hydrogens (tertiary/aromatic N) is 5. The van der Waals surface area contributed by atoms with Crippen LogP contribution in [0.3, 0.4) is 0 Å². The Labute approximate surface area is 170 Å². The third-order valence-electron chi connectivity index (χ3n) is 4.43. The van der Waals surface area contributed by atoms with Crippen LogP contribution in [0.2, 0.25) is 0 Å². The van der Waals surface area contributed by atoms with Gasteiger partial charge in [-0.1, -0.05) is 0 Å². The summed E-state index contributed by atoms with van der Waals surface area (Å²) in [4.78, 5) is 41.5. The Morgan fingerprint density at radius 1 is 0.933 bits per heavy atom. The van der Waals surface area contributed by atoms with Crippen LogP contribution in [0.25, 0.3) is 22.3 Å². The highest BCUT2D eigenvalue weighted by molar-refractivity contribution is 5.70. The van der Waals surface area contributed by atoms with Crippen molar-refractivity contribution in [2.24, 2.45) is 0 Å². The van der Waals surface area contributed by atoms with Crippen molar-refractivity contribution in [2.45, 2.75) is 26.7 Å². The topological polar surface area (TPSA) is 125 Å². The molecule has 1 aliphatic rings. The number of aromatic amines is 1. The Balaban J connectivity index is 0.000000158. The first kappa shape index (κ1) is 19.8. The van der Waals surface area contributed by atoms with Crippen LogP contribution in [-0.4, -0.2) is 49.0 Å². The number of nitrogens with one attached hydrogen (secondary N) is 1. The fourth-order valence-corrected chi connectivity index (χ4v) is 3.04. The van der Waals surface area contributed by atoms with E-state index in [0.717, 1.165) is 11.1 Å². The molecular formula is C20H20N6O4. The van der Waals surface area contributed by atoms with E-state index in [-0.39, 0.29) is 17.4 Å². The van der Waals surface area contributed by atoms with Crippen molar-refractivity contribution in [3.05, 3.63) is 68.8 Å². The smallest absolute Gasteiger partial charge is 0.269 e. The molecule has 0 bridgehead atoms. The molecule has 0 saturated carbocycles. The number of rotatable bonds is 2. The minimum Gasteiger partial charge on any atom is -0.348 e. The molecule has 0 spiro atoms. The van der Waals surface area contributed by atoms with E-state index < -0.39 is 0 Å². The van der Waals surface area contributed by atoms with Gasteiger partial charge in [0.1, 0.15) is 0 Å². The molecule has 10 nitrogen and oxygen atoms in total. The van der Waals surface area contributed by atoms with Gasteiger partial charge in [0.05, 0.1) is 43.2 Å². The number of aromatic nitrogens is 6. The van der Waals surface area contributed by atoms with Gasteiger partial charge in [-0.2, -0.15) is 0 Å². The lowest BCUT2D eigenvalue weighted by Crippen LogP contribution is -2.27. The molecule has 1 saturated heterocycles. The Kier molecular flexibility index (Phi) is 5.59. The molecule has 4 aromatic rings. The summed E-state index contributed by atoms with van der Waals surface area (Å²) in [5.41, 5.74) is 4.13. The summed E-state index contributed by atoms with van der Waals surface area (Å²) in [7, 11) is 0. The molecule has 5 rings (SSSR count). The van der Waals surface area contributed by atoms with E-state index in [0.29, 0.717) is 42.1 Å². The zero-order valence-corrected chi connectivity index (χ0v) is 16.5. The number of aryl methyl sites for hydroxylation is 2. The van der Waals surface area contributed by atoms with Crippen LogP contribution in [0, 0.1) is 13.8 Å². The van der Waals surface area contributed by atoms with Gasteiger partial charge in [0.2, 0.25) is 0 Å². The van der Waals surface area contributed by atoms with Gasteiger partial charge >= 0.3 is 0 Å². The highest BCUT2D eigenvalue weighted by Gasteiger charge is 2.18. The summed E-state index contributed by atoms with van der Waals surface area (Å²) in [6.07, 6.45) is 5.58. The molecule has 0 unspecified atom stereocenters. The maximum absolute atomic E-state index is 11.9. The van der Waals surface area contributed by atoms with E-state index in [1.807, 2.05) is 26.0 Å². The van der Waals surface area contributed by atoms with Crippen molar-refractivity contribution < 1.29 is 9.47 Å². The number of pyridine rings is 2. The molecule has 0 amide bonds. The van der Waals surface area contributed by atoms with Gasteiger partial charge < -0.3 is 14.5 Å². The summed E-state index contributed by atoms with van der Waals surface area (Å²) in [5.74, 6) is 0. The Morgan fingerprint density at radius 3 is 2.33 bits per heavy atom. The van der Waals surface area contributed by atoms with Crippen LogP contribution >= 0.6 is 0 Å². The predicted octanol–water partition coefficient (Wildman–Crippen LogP) is 1.10. The monoisotopic (exact) mass is 408 g/mol. The fraction of sp³-hybridized carbons (Fsp3) is 0.300. The molecule has 1 aliphatic heterocycles. The second-order valence-electron chi connectivity index (χ2n) is 6.86. The maximum Gasteiger partial charge on any atom is 0.269 e. The van der Waals surface area contributed by atoms with E-state index in [4.69, 9.17) is 9.47 Å². The van der Waals surface area contributed by atoms with Gasteiger partial charge in [0.25, 0.3) is 11.1 Å². The third-order valence-corrected chi connectivity index (χ3v) is 4.43. The third kappa shape index (κ3) is 4.39. The van der Waals surface area contributed by atoms with E-state index in [9.17, 15) is 9.59 Å². The van der Waals surface area contributed by atoms with Crippen molar-refractivity contribution in [1.29, 1.82) is 0 Å². The fourth-order valence-electron chi connectivity index (χ4n) is 3.04. The lowest BCUT2D eigenvalue weighted by molar-refractivity contribution is -0.0523. The molecular weight excluding hydrogens is 388 g/mol. The van der Waals surface area contributed by atoms with E-state index in [2.05, 4.69) is 24.9 Å². The van der Waals surface area contributed by atoms with Gasteiger partial charge in [0.15, 0.2) is 17.6 Å². The Morgan fingerprint density at radius 2 is 1.57 bits per heavy atom. The van der Waals surface area contributed by atoms with Crippen molar-refractivity contribution in [2.75, 3.05) is 13.2 Å². The second kappa shape index (κ2) is 8.47. The SMILES string of the molecule is Cc1cnc2ncc(=O)[nH]c2c1.Cc1cnc2ncc(=O)n(CC3OCCO3)c2c1. The standard InChI is InChI=1S/C12H13N3O3.C8H7N3O/c1-8-4-9-12(13-5-8)14-6-10(16)15(9)7-11-17-2-3-18-11;1-5-2-6-8(9-3-5)10-4-7(12)11-6/h4-6,11H,2-3,7H2,1H3;2-4H,1H3,(H,11,12). The number of hydrogen-bond donors (Lipinski definition) is 1.